The number of nitrogens with zero attached hydrogens (tertiary/aromatic N) is 2. The van der Waals surface area contributed by atoms with Gasteiger partial charge in [0.15, 0.2) is 0 Å². The molecule has 3 rings (SSSR count). The third kappa shape index (κ3) is 9.94. The van der Waals surface area contributed by atoms with Gasteiger partial charge in [-0.25, -0.2) is 4.39 Å². The number of halogens is 2. The van der Waals surface area contributed by atoms with Gasteiger partial charge in [0, 0.05) is 26.6 Å². The summed E-state index contributed by atoms with van der Waals surface area (Å²) in [5, 5.41) is 9.00. The van der Waals surface area contributed by atoms with E-state index in [1.807, 2.05) is 36.9 Å². The topological polar surface area (TPSA) is 53.3 Å². The minimum absolute atomic E-state index is 0.0972. The van der Waals surface area contributed by atoms with Crippen LogP contribution in [0.3, 0.4) is 0 Å². The van der Waals surface area contributed by atoms with Crippen LogP contribution >= 0.6 is 11.6 Å². The molecule has 1 amide bonds. The first-order valence-electron chi connectivity index (χ1n) is 11.4. The van der Waals surface area contributed by atoms with Crippen molar-refractivity contribution < 1.29 is 13.9 Å². The number of rotatable bonds is 6. The van der Waals surface area contributed by atoms with E-state index in [1.165, 1.54) is 6.07 Å². The second-order valence-electron chi connectivity index (χ2n) is 8.22. The Kier molecular flexibility index (Phi) is 13.4. The average molecular weight is 475 g/mol. The molecule has 1 saturated heterocycles. The smallest absolute Gasteiger partial charge is 0.223 e. The Labute approximate surface area is 203 Å². The molecule has 180 valence electrons. The molecule has 2 aromatic rings. The number of aryl methyl sites for hydroxylation is 2. The highest BCUT2D eigenvalue weighted by Gasteiger charge is 2.31. The molecule has 6 heteroatoms. The molecule has 1 fully saturated rings. The van der Waals surface area contributed by atoms with E-state index in [0.29, 0.717) is 34.9 Å². The molecule has 1 aliphatic heterocycles. The van der Waals surface area contributed by atoms with E-state index in [0.717, 1.165) is 43.5 Å². The summed E-state index contributed by atoms with van der Waals surface area (Å²) in [5.74, 6) is 1.42. The Bertz CT molecular complexity index is 913. The SMILES string of the molecule is CCC(C)C1CC(=O)N(CCOC)C1.CCc1ccccc1F.Cc1ccc(C#N)c(Cl)c1. The first-order chi connectivity index (χ1) is 15.8. The van der Waals surface area contributed by atoms with E-state index < -0.39 is 0 Å². The number of ether oxygens (including phenoxy) is 1. The normalized spacial score (nSPS) is 15.6. The predicted octanol–water partition coefficient (Wildman–Crippen LogP) is 6.44. The molecule has 4 nitrogen and oxygen atoms in total. The van der Waals surface area contributed by atoms with Gasteiger partial charge in [0.2, 0.25) is 5.91 Å². The van der Waals surface area contributed by atoms with Gasteiger partial charge < -0.3 is 9.64 Å². The average Bonchev–Trinajstić information content (AvgIpc) is 3.19. The van der Waals surface area contributed by atoms with Gasteiger partial charge in [-0.1, -0.05) is 63.1 Å². The lowest BCUT2D eigenvalue weighted by Gasteiger charge is -2.18. The number of amides is 1. The standard InChI is InChI=1S/C11H21NO2.C8H6ClN.C8H9F/c1-4-9(2)10-7-11(13)12(8-10)5-6-14-3;1-6-2-3-7(5-10)8(9)4-6;1-2-7-5-3-4-6-8(7)9/h9-10H,4-8H2,1-3H3;2-4H,1H3;3-6H,2H2,1H3. The van der Waals surface area contributed by atoms with Gasteiger partial charge in [0.25, 0.3) is 0 Å². The number of carbonyl (C=O) groups excluding carboxylic acids is 1. The summed E-state index contributed by atoms with van der Waals surface area (Å²) in [5.41, 5.74) is 2.40. The fourth-order valence-electron chi connectivity index (χ4n) is 3.43. The molecule has 2 unspecified atom stereocenters. The van der Waals surface area contributed by atoms with Crippen LogP contribution in [-0.4, -0.2) is 37.6 Å². The van der Waals surface area contributed by atoms with Crippen LogP contribution in [0.2, 0.25) is 5.02 Å². The van der Waals surface area contributed by atoms with Gasteiger partial charge >= 0.3 is 0 Å². The quantitative estimate of drug-likeness (QED) is 0.484. The zero-order chi connectivity index (χ0) is 24.8. The van der Waals surface area contributed by atoms with E-state index in [4.69, 9.17) is 21.6 Å². The second kappa shape index (κ2) is 15.4. The first-order valence-corrected chi connectivity index (χ1v) is 11.8. The number of carbonyl (C=O) groups is 1. The van der Waals surface area contributed by atoms with Crippen molar-refractivity contribution in [1.82, 2.24) is 4.90 Å². The predicted molar refractivity (Wildman–Crippen MR) is 133 cm³/mol. The summed E-state index contributed by atoms with van der Waals surface area (Å²) in [7, 11) is 1.67. The van der Waals surface area contributed by atoms with Gasteiger partial charge in [-0.15, -0.1) is 0 Å². The van der Waals surface area contributed by atoms with Crippen LogP contribution in [0.25, 0.3) is 0 Å². The Morgan fingerprint density at radius 3 is 2.48 bits per heavy atom. The second-order valence-corrected chi connectivity index (χ2v) is 8.63. The van der Waals surface area contributed by atoms with Crippen molar-refractivity contribution in [2.45, 2.75) is 47.0 Å². The molecule has 0 radical (unpaired) electrons. The highest BCUT2D eigenvalue weighted by atomic mass is 35.5. The van der Waals surface area contributed by atoms with Gasteiger partial charge in [0.05, 0.1) is 17.2 Å². The molecule has 33 heavy (non-hydrogen) atoms. The van der Waals surface area contributed by atoms with Crippen molar-refractivity contribution in [3.63, 3.8) is 0 Å². The maximum absolute atomic E-state index is 12.6. The monoisotopic (exact) mass is 474 g/mol. The van der Waals surface area contributed by atoms with Gasteiger partial charge in [-0.2, -0.15) is 5.26 Å². The zero-order valence-corrected chi connectivity index (χ0v) is 21.2. The van der Waals surface area contributed by atoms with Gasteiger partial charge in [0.1, 0.15) is 11.9 Å². The largest absolute Gasteiger partial charge is 0.383 e. The summed E-state index contributed by atoms with van der Waals surface area (Å²) in [6.07, 6.45) is 2.67. The summed E-state index contributed by atoms with van der Waals surface area (Å²) >= 11 is 5.71. The van der Waals surface area contributed by atoms with Crippen LogP contribution in [-0.2, 0) is 16.0 Å². The number of nitriles is 1. The first kappa shape index (κ1) is 28.6. The van der Waals surface area contributed by atoms with Crippen molar-refractivity contribution in [2.24, 2.45) is 11.8 Å². The highest BCUT2D eigenvalue weighted by Crippen LogP contribution is 2.26. The molecule has 0 aliphatic carbocycles. The summed E-state index contributed by atoms with van der Waals surface area (Å²) < 4.78 is 17.6. The van der Waals surface area contributed by atoms with Gasteiger partial charge in [-0.05, 0) is 54.5 Å². The maximum atomic E-state index is 12.6. The Hall–Kier alpha value is -2.42. The van der Waals surface area contributed by atoms with Crippen molar-refractivity contribution >= 4 is 17.5 Å². The molecular formula is C27H36ClFN2O2. The Balaban J connectivity index is 0.000000255. The fourth-order valence-corrected chi connectivity index (χ4v) is 3.71. The minimum Gasteiger partial charge on any atom is -0.383 e. The number of likely N-dealkylation sites (tertiary alicyclic amines) is 1. The minimum atomic E-state index is -0.0972. The van der Waals surface area contributed by atoms with E-state index in [9.17, 15) is 9.18 Å². The molecule has 0 N–H and O–H groups in total. The number of methoxy groups -OCH3 is 1. The van der Waals surface area contributed by atoms with E-state index in [1.54, 1.807) is 31.4 Å². The third-order valence-electron chi connectivity index (χ3n) is 5.84. The number of benzene rings is 2. The van der Waals surface area contributed by atoms with Crippen molar-refractivity contribution in [3.05, 3.63) is 70.0 Å². The van der Waals surface area contributed by atoms with Crippen LogP contribution in [0.5, 0.6) is 0 Å². The molecule has 2 aromatic carbocycles. The Morgan fingerprint density at radius 1 is 1.27 bits per heavy atom. The molecule has 1 aliphatic rings. The Morgan fingerprint density at radius 2 is 1.97 bits per heavy atom. The lowest BCUT2D eigenvalue weighted by atomic mass is 9.91. The molecule has 0 spiro atoms. The van der Waals surface area contributed by atoms with Gasteiger partial charge in [-0.3, -0.25) is 4.79 Å². The van der Waals surface area contributed by atoms with E-state index in [2.05, 4.69) is 13.8 Å². The van der Waals surface area contributed by atoms with E-state index in [-0.39, 0.29) is 5.82 Å². The molecule has 2 atom stereocenters. The molecule has 0 aromatic heterocycles. The molecule has 0 bridgehead atoms. The summed E-state index contributed by atoms with van der Waals surface area (Å²) in [6.45, 7) is 10.6. The third-order valence-corrected chi connectivity index (χ3v) is 6.15. The van der Waals surface area contributed by atoms with Crippen LogP contribution in [0.15, 0.2) is 42.5 Å². The number of hydrogen-bond acceptors (Lipinski definition) is 3. The van der Waals surface area contributed by atoms with Crippen molar-refractivity contribution in [3.8, 4) is 6.07 Å². The molecule has 0 saturated carbocycles. The lowest BCUT2D eigenvalue weighted by Crippen LogP contribution is -2.29. The molecular weight excluding hydrogens is 439 g/mol. The van der Waals surface area contributed by atoms with Crippen LogP contribution < -0.4 is 0 Å². The van der Waals surface area contributed by atoms with Crippen molar-refractivity contribution in [2.75, 3.05) is 26.8 Å². The van der Waals surface area contributed by atoms with Crippen LogP contribution in [0.1, 0.15) is 50.3 Å². The highest BCUT2D eigenvalue weighted by molar-refractivity contribution is 6.31. The van der Waals surface area contributed by atoms with Crippen molar-refractivity contribution in [1.29, 1.82) is 5.26 Å². The fraction of sp³-hybridized carbons (Fsp3) is 0.481. The van der Waals surface area contributed by atoms with E-state index >= 15 is 0 Å². The zero-order valence-electron chi connectivity index (χ0n) is 20.4. The maximum Gasteiger partial charge on any atom is 0.223 e. The van der Waals surface area contributed by atoms with Crippen LogP contribution in [0, 0.1) is 35.9 Å². The molecule has 1 heterocycles. The summed E-state index contributed by atoms with van der Waals surface area (Å²) in [4.78, 5) is 13.5. The number of hydrogen-bond donors (Lipinski definition) is 0. The summed E-state index contributed by atoms with van der Waals surface area (Å²) in [6, 6.07) is 14.2. The lowest BCUT2D eigenvalue weighted by molar-refractivity contribution is -0.128. The van der Waals surface area contributed by atoms with Crippen LogP contribution in [0.4, 0.5) is 4.39 Å².